The van der Waals surface area contributed by atoms with Gasteiger partial charge in [0.2, 0.25) is 0 Å². The number of nitrogens with zero attached hydrogens (tertiary/aromatic N) is 1. The molecule has 2 unspecified atom stereocenters. The maximum atomic E-state index is 14.1. The topological polar surface area (TPSA) is 23.5 Å². The second kappa shape index (κ2) is 5.27. The van der Waals surface area contributed by atoms with Gasteiger partial charge in [0.05, 0.1) is 11.8 Å². The van der Waals surface area contributed by atoms with Crippen LogP contribution in [-0.2, 0) is 0 Å². The van der Waals surface area contributed by atoms with Gasteiger partial charge < -0.3 is 10.0 Å². The van der Waals surface area contributed by atoms with Gasteiger partial charge in [-0.1, -0.05) is 26.0 Å². The van der Waals surface area contributed by atoms with Crippen molar-refractivity contribution < 1.29 is 9.50 Å². The molecule has 2 rings (SSSR count). The third kappa shape index (κ3) is 2.51. The van der Waals surface area contributed by atoms with Crippen molar-refractivity contribution in [2.75, 3.05) is 18.0 Å². The van der Waals surface area contributed by atoms with E-state index in [1.54, 1.807) is 13.0 Å². The summed E-state index contributed by atoms with van der Waals surface area (Å²) >= 11 is 0. The van der Waals surface area contributed by atoms with Crippen LogP contribution in [0.3, 0.4) is 0 Å². The molecule has 1 aromatic rings. The minimum atomic E-state index is -0.634. The third-order valence-electron chi connectivity index (χ3n) is 4.12. The molecule has 0 saturated carbocycles. The Morgan fingerprint density at radius 3 is 2.67 bits per heavy atom. The zero-order valence-electron chi connectivity index (χ0n) is 11.4. The molecule has 1 fully saturated rings. The third-order valence-corrected chi connectivity index (χ3v) is 4.12. The first-order valence-corrected chi connectivity index (χ1v) is 6.72. The second-order valence-electron chi connectivity index (χ2n) is 5.54. The van der Waals surface area contributed by atoms with Crippen LogP contribution in [0.25, 0.3) is 0 Å². The number of halogens is 1. The smallest absolute Gasteiger partial charge is 0.146 e. The molecular formula is C15H22FNO. The minimum Gasteiger partial charge on any atom is -0.389 e. The molecule has 1 aromatic carbocycles. The zero-order chi connectivity index (χ0) is 13.3. The zero-order valence-corrected chi connectivity index (χ0v) is 11.4. The molecule has 3 atom stereocenters. The van der Waals surface area contributed by atoms with Gasteiger partial charge in [0.1, 0.15) is 5.82 Å². The molecular weight excluding hydrogens is 229 g/mol. The molecule has 0 amide bonds. The number of para-hydroxylation sites is 1. The van der Waals surface area contributed by atoms with Crippen LogP contribution in [-0.4, -0.2) is 18.2 Å². The van der Waals surface area contributed by atoms with Gasteiger partial charge >= 0.3 is 0 Å². The lowest BCUT2D eigenvalue weighted by atomic mass is 9.88. The summed E-state index contributed by atoms with van der Waals surface area (Å²) in [5.74, 6) is 1.01. The lowest BCUT2D eigenvalue weighted by Crippen LogP contribution is -2.39. The van der Waals surface area contributed by atoms with E-state index in [0.717, 1.165) is 19.5 Å². The molecule has 1 N–H and O–H groups in total. The Balaban J connectivity index is 2.33. The van der Waals surface area contributed by atoms with Gasteiger partial charge in [0.15, 0.2) is 0 Å². The molecule has 18 heavy (non-hydrogen) atoms. The van der Waals surface area contributed by atoms with Gasteiger partial charge in [-0.2, -0.15) is 0 Å². The number of anilines is 1. The summed E-state index contributed by atoms with van der Waals surface area (Å²) in [4.78, 5) is 2.09. The van der Waals surface area contributed by atoms with Crippen molar-refractivity contribution in [2.24, 2.45) is 11.8 Å². The molecule has 0 bridgehead atoms. The van der Waals surface area contributed by atoms with Crippen molar-refractivity contribution in [3.05, 3.63) is 29.6 Å². The highest BCUT2D eigenvalue weighted by molar-refractivity contribution is 5.56. The van der Waals surface area contributed by atoms with Gasteiger partial charge in [-0.3, -0.25) is 0 Å². The number of aliphatic hydroxyl groups is 1. The van der Waals surface area contributed by atoms with Gasteiger partial charge in [-0.05, 0) is 31.2 Å². The molecule has 1 saturated heterocycles. The predicted molar refractivity (Wildman–Crippen MR) is 72.2 cm³/mol. The fraction of sp³-hybridized carbons (Fsp3) is 0.600. The van der Waals surface area contributed by atoms with Crippen LogP contribution >= 0.6 is 0 Å². The number of hydrogen-bond donors (Lipinski definition) is 1. The highest BCUT2D eigenvalue weighted by atomic mass is 19.1. The molecule has 0 spiro atoms. The van der Waals surface area contributed by atoms with E-state index < -0.39 is 6.10 Å². The Bertz CT molecular complexity index is 419. The normalized spacial score (nSPS) is 26.2. The van der Waals surface area contributed by atoms with Gasteiger partial charge in [-0.15, -0.1) is 0 Å². The summed E-state index contributed by atoms with van der Waals surface area (Å²) in [6.45, 7) is 7.88. The lowest BCUT2D eigenvalue weighted by molar-refractivity contribution is 0.198. The van der Waals surface area contributed by atoms with E-state index in [9.17, 15) is 9.50 Å². The fourth-order valence-electron chi connectivity index (χ4n) is 2.67. The highest BCUT2D eigenvalue weighted by Gasteiger charge is 2.26. The van der Waals surface area contributed by atoms with Crippen molar-refractivity contribution >= 4 is 5.69 Å². The summed E-state index contributed by atoms with van der Waals surface area (Å²) < 4.78 is 14.1. The number of piperidine rings is 1. The Hall–Kier alpha value is -1.09. The summed E-state index contributed by atoms with van der Waals surface area (Å²) in [6.07, 6.45) is 0.444. The van der Waals surface area contributed by atoms with Crippen LogP contribution in [0.2, 0.25) is 0 Å². The van der Waals surface area contributed by atoms with E-state index in [4.69, 9.17) is 0 Å². The van der Waals surface area contributed by atoms with Crippen LogP contribution in [0, 0.1) is 17.7 Å². The van der Waals surface area contributed by atoms with Crippen LogP contribution in [0.1, 0.15) is 38.9 Å². The number of hydrogen-bond acceptors (Lipinski definition) is 2. The first-order valence-electron chi connectivity index (χ1n) is 6.72. The predicted octanol–water partition coefficient (Wildman–Crippen LogP) is 3.36. The van der Waals surface area contributed by atoms with Crippen molar-refractivity contribution in [1.82, 2.24) is 0 Å². The second-order valence-corrected chi connectivity index (χ2v) is 5.54. The Labute approximate surface area is 108 Å². The van der Waals surface area contributed by atoms with E-state index in [-0.39, 0.29) is 5.82 Å². The Morgan fingerprint density at radius 2 is 2.06 bits per heavy atom. The maximum Gasteiger partial charge on any atom is 0.146 e. The van der Waals surface area contributed by atoms with E-state index >= 15 is 0 Å². The number of aliphatic hydroxyl groups excluding tert-OH is 1. The minimum absolute atomic E-state index is 0.227. The molecule has 2 nitrogen and oxygen atoms in total. The van der Waals surface area contributed by atoms with E-state index in [1.165, 1.54) is 6.07 Å². The average molecular weight is 251 g/mol. The van der Waals surface area contributed by atoms with E-state index in [1.807, 2.05) is 6.07 Å². The van der Waals surface area contributed by atoms with Crippen LogP contribution in [0.4, 0.5) is 10.1 Å². The molecule has 0 radical (unpaired) electrons. The molecule has 1 aliphatic heterocycles. The number of rotatable bonds is 2. The monoisotopic (exact) mass is 251 g/mol. The van der Waals surface area contributed by atoms with Gasteiger partial charge in [-0.25, -0.2) is 4.39 Å². The summed E-state index contributed by atoms with van der Waals surface area (Å²) in [6, 6.07) is 4.95. The number of benzene rings is 1. The molecule has 3 heteroatoms. The van der Waals surface area contributed by atoms with Crippen LogP contribution in [0.15, 0.2) is 18.2 Å². The molecule has 0 aromatic heterocycles. The summed E-state index contributed by atoms with van der Waals surface area (Å²) in [7, 11) is 0. The van der Waals surface area contributed by atoms with E-state index in [2.05, 4.69) is 18.7 Å². The van der Waals surface area contributed by atoms with E-state index in [0.29, 0.717) is 23.1 Å². The van der Waals surface area contributed by atoms with Crippen molar-refractivity contribution in [1.29, 1.82) is 0 Å². The Kier molecular flexibility index (Phi) is 3.91. The summed E-state index contributed by atoms with van der Waals surface area (Å²) in [5, 5.41) is 9.78. The molecule has 100 valence electrons. The first kappa shape index (κ1) is 13.3. The van der Waals surface area contributed by atoms with Crippen molar-refractivity contribution in [3.8, 4) is 0 Å². The molecule has 1 heterocycles. The maximum absolute atomic E-state index is 14.1. The molecule has 1 aliphatic rings. The Morgan fingerprint density at radius 1 is 1.33 bits per heavy atom. The van der Waals surface area contributed by atoms with Crippen LogP contribution in [0.5, 0.6) is 0 Å². The van der Waals surface area contributed by atoms with Crippen molar-refractivity contribution in [3.63, 3.8) is 0 Å². The van der Waals surface area contributed by atoms with Crippen LogP contribution < -0.4 is 4.90 Å². The highest BCUT2D eigenvalue weighted by Crippen LogP contribution is 2.33. The fourth-order valence-corrected chi connectivity index (χ4v) is 2.67. The van der Waals surface area contributed by atoms with Crippen molar-refractivity contribution in [2.45, 2.75) is 33.3 Å². The largest absolute Gasteiger partial charge is 0.389 e. The SMILES string of the molecule is CC1CCN(c2c(F)cccc2[C@H](C)O)CC1C. The standard InChI is InChI=1S/C15H22FNO/c1-10-7-8-17(9-11(10)2)15-13(12(3)18)5-4-6-14(15)16/h4-6,10-12,18H,7-9H2,1-3H3/t10?,11?,12-/m0/s1. The quantitative estimate of drug-likeness (QED) is 0.871. The van der Waals surface area contributed by atoms with Gasteiger partial charge in [0.25, 0.3) is 0 Å². The van der Waals surface area contributed by atoms with Gasteiger partial charge in [0, 0.05) is 18.7 Å². The molecule has 0 aliphatic carbocycles. The first-order chi connectivity index (χ1) is 8.50. The average Bonchev–Trinajstić information content (AvgIpc) is 2.32. The summed E-state index contributed by atoms with van der Waals surface area (Å²) in [5.41, 5.74) is 1.28. The lowest BCUT2D eigenvalue weighted by Gasteiger charge is -2.38.